The van der Waals surface area contributed by atoms with Gasteiger partial charge in [0.05, 0.1) is 89.4 Å². The van der Waals surface area contributed by atoms with Crippen LogP contribution >= 0.6 is 34.8 Å². The van der Waals surface area contributed by atoms with Crippen molar-refractivity contribution in [2.75, 3.05) is 14.2 Å². The fourth-order valence-corrected chi connectivity index (χ4v) is 6.08. The number of hydrogen-bond donors (Lipinski definition) is 1. The maximum absolute atomic E-state index is 11.9. The predicted molar refractivity (Wildman–Crippen MR) is 182 cm³/mol. The van der Waals surface area contributed by atoms with Crippen molar-refractivity contribution in [2.45, 2.75) is 52.5 Å². The molecule has 6 aromatic rings. The second-order valence-electron chi connectivity index (χ2n) is 10.5. The van der Waals surface area contributed by atoms with Gasteiger partial charge in [0.25, 0.3) is 0 Å². The molecule has 0 atom stereocenters. The summed E-state index contributed by atoms with van der Waals surface area (Å²) in [5, 5.41) is 10.4. The Morgan fingerprint density at radius 3 is 1.58 bits per heavy atom. The molecular formula is C32H33Cl3N8O5. The quantitative estimate of drug-likeness (QED) is 0.139. The number of aryl methyl sites for hydroxylation is 2. The molecule has 252 valence electrons. The first-order valence-electron chi connectivity index (χ1n) is 14.9. The molecule has 0 aliphatic carbocycles. The van der Waals surface area contributed by atoms with Crippen LogP contribution in [0.5, 0.6) is 0 Å². The number of halogens is 3. The van der Waals surface area contributed by atoms with Crippen LogP contribution in [0.4, 0.5) is 0 Å². The maximum atomic E-state index is 11.9. The molecule has 0 saturated carbocycles. The molecule has 2 aromatic carbocycles. The van der Waals surface area contributed by atoms with Gasteiger partial charge in [-0.3, -0.25) is 0 Å². The van der Waals surface area contributed by atoms with Crippen LogP contribution in [-0.4, -0.2) is 69.5 Å². The summed E-state index contributed by atoms with van der Waals surface area (Å²) in [5.74, 6) is 0.462. The molecule has 6 rings (SSSR count). The number of carbonyl (C=O) groups excluding carboxylic acids is 2. The van der Waals surface area contributed by atoms with Gasteiger partial charge in [-0.2, -0.15) is 0 Å². The number of aliphatic hydroxyl groups excluding tert-OH is 1. The molecule has 1 N–H and O–H groups in total. The van der Waals surface area contributed by atoms with Crippen LogP contribution in [0.3, 0.4) is 0 Å². The zero-order valence-electron chi connectivity index (χ0n) is 26.7. The van der Waals surface area contributed by atoms with Crippen LogP contribution in [0.1, 0.15) is 57.6 Å². The number of carbonyl (C=O) groups is 2. The van der Waals surface area contributed by atoms with E-state index in [1.807, 2.05) is 32.1 Å². The molecular weight excluding hydrogens is 683 g/mol. The molecule has 0 aliphatic heterocycles. The first-order chi connectivity index (χ1) is 23.2. The largest absolute Gasteiger partial charge is 0.465 e. The number of hydrogen-bond acceptors (Lipinski definition) is 9. The minimum absolute atomic E-state index is 0.235. The van der Waals surface area contributed by atoms with Crippen molar-refractivity contribution >= 4 is 68.8 Å². The van der Waals surface area contributed by atoms with Gasteiger partial charge in [0.1, 0.15) is 29.3 Å². The van der Waals surface area contributed by atoms with Crippen LogP contribution < -0.4 is 0 Å². The lowest BCUT2D eigenvalue weighted by molar-refractivity contribution is 0.0592. The highest BCUT2D eigenvalue weighted by atomic mass is 35.5. The van der Waals surface area contributed by atoms with E-state index in [9.17, 15) is 14.7 Å². The number of alkyl halides is 1. The molecule has 13 nitrogen and oxygen atoms in total. The Morgan fingerprint density at radius 1 is 0.750 bits per heavy atom. The van der Waals surface area contributed by atoms with E-state index in [-0.39, 0.29) is 12.5 Å². The number of methoxy groups -OCH3 is 2. The number of nitrogens with zero attached hydrogens (tertiary/aromatic N) is 8. The first-order valence-corrected chi connectivity index (χ1v) is 16.2. The fourth-order valence-electron chi connectivity index (χ4n) is 5.36. The Hall–Kier alpha value is -4.43. The SMILES string of the molecule is CCn1cncc1Cn1c(CCl)nc2c(Cl)cc(C(=O)OC)cc21.CCn1cncc1Cn1c(CO)nc2c(Cl)cc(C(=O)OC)cc21. The highest BCUT2D eigenvalue weighted by Gasteiger charge is 2.19. The lowest BCUT2D eigenvalue weighted by Crippen LogP contribution is -2.10. The van der Waals surface area contributed by atoms with Crippen LogP contribution in [-0.2, 0) is 48.1 Å². The van der Waals surface area contributed by atoms with Gasteiger partial charge in [0, 0.05) is 25.5 Å². The predicted octanol–water partition coefficient (Wildman–Crippen LogP) is 5.71. The maximum Gasteiger partial charge on any atom is 0.337 e. The van der Waals surface area contributed by atoms with Gasteiger partial charge in [-0.25, -0.2) is 29.5 Å². The second kappa shape index (κ2) is 15.2. The van der Waals surface area contributed by atoms with Gasteiger partial charge in [-0.05, 0) is 38.1 Å². The Morgan fingerprint density at radius 2 is 1.19 bits per heavy atom. The van der Waals surface area contributed by atoms with Gasteiger partial charge < -0.3 is 32.8 Å². The molecule has 0 spiro atoms. The topological polar surface area (TPSA) is 144 Å². The molecule has 0 saturated heterocycles. The van der Waals surface area contributed by atoms with Gasteiger partial charge in [0.2, 0.25) is 0 Å². The minimum atomic E-state index is -0.476. The van der Waals surface area contributed by atoms with E-state index in [0.717, 1.165) is 30.0 Å². The Labute approximate surface area is 290 Å². The third-order valence-electron chi connectivity index (χ3n) is 7.79. The van der Waals surface area contributed by atoms with Crippen molar-refractivity contribution in [1.82, 2.24) is 38.2 Å². The van der Waals surface area contributed by atoms with Gasteiger partial charge in [-0.15, -0.1) is 11.6 Å². The molecule has 48 heavy (non-hydrogen) atoms. The number of aliphatic hydroxyl groups is 1. The van der Waals surface area contributed by atoms with E-state index in [1.165, 1.54) is 20.3 Å². The van der Waals surface area contributed by atoms with Gasteiger partial charge in [0.15, 0.2) is 0 Å². The summed E-state index contributed by atoms with van der Waals surface area (Å²) in [6, 6.07) is 6.47. The average Bonchev–Trinajstić information content (AvgIpc) is 3.90. The van der Waals surface area contributed by atoms with Crippen molar-refractivity contribution in [3.63, 3.8) is 0 Å². The summed E-state index contributed by atoms with van der Waals surface area (Å²) in [5.41, 5.74) is 5.25. The molecule has 0 radical (unpaired) electrons. The summed E-state index contributed by atoms with van der Waals surface area (Å²) in [6.07, 6.45) is 7.10. The molecule has 0 amide bonds. The smallest absolute Gasteiger partial charge is 0.337 e. The van der Waals surface area contributed by atoms with E-state index in [1.54, 1.807) is 43.2 Å². The Bertz CT molecular complexity index is 1950. The summed E-state index contributed by atoms with van der Waals surface area (Å²) in [6.45, 7) is 6.42. The molecule has 4 heterocycles. The van der Waals surface area contributed by atoms with Crippen molar-refractivity contribution in [3.05, 3.63) is 93.5 Å². The number of imidazole rings is 4. The first kappa shape index (κ1) is 34.9. The second-order valence-corrected chi connectivity index (χ2v) is 11.6. The van der Waals surface area contributed by atoms with Crippen LogP contribution in [0.25, 0.3) is 22.1 Å². The van der Waals surface area contributed by atoms with Gasteiger partial charge in [-0.1, -0.05) is 23.2 Å². The van der Waals surface area contributed by atoms with E-state index in [2.05, 4.69) is 19.9 Å². The molecule has 16 heteroatoms. The average molecular weight is 716 g/mol. The molecule has 0 fully saturated rings. The Kier molecular flexibility index (Phi) is 11.0. The van der Waals surface area contributed by atoms with Gasteiger partial charge >= 0.3 is 11.9 Å². The lowest BCUT2D eigenvalue weighted by Gasteiger charge is -2.10. The number of aromatic nitrogens is 8. The zero-order chi connectivity index (χ0) is 34.5. The number of fused-ring (bicyclic) bond motifs is 2. The third kappa shape index (κ3) is 6.90. The normalized spacial score (nSPS) is 11.2. The van der Waals surface area contributed by atoms with E-state index >= 15 is 0 Å². The number of benzene rings is 2. The lowest BCUT2D eigenvalue weighted by atomic mass is 10.2. The van der Waals surface area contributed by atoms with Crippen LogP contribution in [0, 0.1) is 0 Å². The Balaban J connectivity index is 0.000000188. The van der Waals surface area contributed by atoms with Crippen LogP contribution in [0.2, 0.25) is 10.0 Å². The minimum Gasteiger partial charge on any atom is -0.465 e. The summed E-state index contributed by atoms with van der Waals surface area (Å²) < 4.78 is 17.4. The third-order valence-corrected chi connectivity index (χ3v) is 8.61. The van der Waals surface area contributed by atoms with E-state index in [4.69, 9.17) is 44.3 Å². The zero-order valence-corrected chi connectivity index (χ0v) is 28.9. The number of esters is 2. The summed E-state index contributed by atoms with van der Waals surface area (Å²) in [7, 11) is 2.65. The number of rotatable bonds is 10. The van der Waals surface area contributed by atoms with Crippen molar-refractivity contribution in [1.29, 1.82) is 0 Å². The molecule has 4 aromatic heterocycles. The molecule has 0 unspecified atom stereocenters. The monoisotopic (exact) mass is 714 g/mol. The van der Waals surface area contributed by atoms with E-state index in [0.29, 0.717) is 62.5 Å². The van der Waals surface area contributed by atoms with E-state index < -0.39 is 11.9 Å². The summed E-state index contributed by atoms with van der Waals surface area (Å²) >= 11 is 18.6. The van der Waals surface area contributed by atoms with Crippen molar-refractivity contribution in [3.8, 4) is 0 Å². The summed E-state index contributed by atoms with van der Waals surface area (Å²) in [4.78, 5) is 40.9. The number of ether oxygens (including phenoxy) is 2. The van der Waals surface area contributed by atoms with Crippen LogP contribution in [0.15, 0.2) is 49.3 Å². The fraction of sp³-hybridized carbons (Fsp3) is 0.312. The van der Waals surface area contributed by atoms with Crippen molar-refractivity contribution in [2.24, 2.45) is 0 Å². The standard InChI is InChI=1S/C16H16Cl2N4O2.C16H17ClN4O3/c1-3-21-9-19-7-11(21)8-22-13-5-10(16(23)24-2)4-12(18)15(13)20-14(22)6-17;1-3-20-9-18-6-11(20)7-21-13-5-10(16(23)24-2)4-12(17)15(13)19-14(21)8-22/h4-5,7,9H,3,6,8H2,1-2H3;4-6,9,22H,3,7-8H2,1-2H3. The van der Waals surface area contributed by atoms with Crippen molar-refractivity contribution < 1.29 is 24.2 Å². The highest BCUT2D eigenvalue weighted by Crippen LogP contribution is 2.29. The molecule has 0 bridgehead atoms. The highest BCUT2D eigenvalue weighted by molar-refractivity contribution is 6.36. The molecule has 0 aliphatic rings.